The summed E-state index contributed by atoms with van der Waals surface area (Å²) >= 11 is 0. The molecule has 2 heterocycles. The SMILES string of the molecule is CCc1ccc(N2C[C@H](C(=O)N3C[C@H](C)C[C@H](C)C3)CC2=O)cc1. The number of rotatable bonds is 3. The zero-order valence-corrected chi connectivity index (χ0v) is 15.0. The molecule has 3 atom stereocenters. The molecule has 0 bridgehead atoms. The van der Waals surface area contributed by atoms with Gasteiger partial charge in [-0.15, -0.1) is 0 Å². The van der Waals surface area contributed by atoms with Crippen LogP contribution < -0.4 is 4.90 Å². The summed E-state index contributed by atoms with van der Waals surface area (Å²) in [6.07, 6.45) is 2.51. The average molecular weight is 328 g/mol. The number of hydrogen-bond donors (Lipinski definition) is 0. The molecule has 130 valence electrons. The maximum atomic E-state index is 12.9. The highest BCUT2D eigenvalue weighted by molar-refractivity contribution is 6.00. The number of nitrogens with zero attached hydrogens (tertiary/aromatic N) is 2. The van der Waals surface area contributed by atoms with Crippen molar-refractivity contribution in [2.24, 2.45) is 17.8 Å². The number of benzene rings is 1. The molecule has 0 radical (unpaired) electrons. The number of carbonyl (C=O) groups is 2. The molecule has 2 aliphatic rings. The monoisotopic (exact) mass is 328 g/mol. The lowest BCUT2D eigenvalue weighted by Crippen LogP contribution is -2.45. The number of hydrogen-bond acceptors (Lipinski definition) is 2. The van der Waals surface area contributed by atoms with Gasteiger partial charge < -0.3 is 9.80 Å². The van der Waals surface area contributed by atoms with E-state index in [9.17, 15) is 9.59 Å². The van der Waals surface area contributed by atoms with Crippen LogP contribution in [-0.4, -0.2) is 36.3 Å². The van der Waals surface area contributed by atoms with E-state index in [0.717, 1.165) is 25.2 Å². The van der Waals surface area contributed by atoms with Gasteiger partial charge in [0.15, 0.2) is 0 Å². The summed E-state index contributed by atoms with van der Waals surface area (Å²) in [5.74, 6) is 1.13. The van der Waals surface area contributed by atoms with Crippen molar-refractivity contribution in [2.75, 3.05) is 24.5 Å². The van der Waals surface area contributed by atoms with Gasteiger partial charge in [0.05, 0.1) is 5.92 Å². The van der Waals surface area contributed by atoms with Crippen molar-refractivity contribution < 1.29 is 9.59 Å². The van der Waals surface area contributed by atoms with Crippen molar-refractivity contribution in [3.63, 3.8) is 0 Å². The van der Waals surface area contributed by atoms with Gasteiger partial charge in [-0.1, -0.05) is 32.9 Å². The highest BCUT2D eigenvalue weighted by Gasteiger charge is 2.38. The fourth-order valence-corrected chi connectivity index (χ4v) is 4.14. The Morgan fingerprint density at radius 2 is 1.71 bits per heavy atom. The molecule has 24 heavy (non-hydrogen) atoms. The Morgan fingerprint density at radius 3 is 2.29 bits per heavy atom. The van der Waals surface area contributed by atoms with Crippen LogP contribution in [0.25, 0.3) is 0 Å². The summed E-state index contributed by atoms with van der Waals surface area (Å²) < 4.78 is 0. The number of amides is 2. The van der Waals surface area contributed by atoms with E-state index < -0.39 is 0 Å². The predicted octanol–water partition coefficient (Wildman–Crippen LogP) is 3.11. The van der Waals surface area contributed by atoms with Gasteiger partial charge in [-0.25, -0.2) is 0 Å². The van der Waals surface area contributed by atoms with E-state index in [1.165, 1.54) is 12.0 Å². The minimum atomic E-state index is -0.194. The molecule has 0 N–H and O–H groups in total. The second kappa shape index (κ2) is 6.96. The molecule has 1 aromatic rings. The molecule has 4 nitrogen and oxygen atoms in total. The first-order valence-corrected chi connectivity index (χ1v) is 9.16. The Hall–Kier alpha value is -1.84. The lowest BCUT2D eigenvalue weighted by molar-refractivity contribution is -0.138. The fraction of sp³-hybridized carbons (Fsp3) is 0.600. The van der Waals surface area contributed by atoms with E-state index in [4.69, 9.17) is 0 Å². The Morgan fingerprint density at radius 1 is 1.08 bits per heavy atom. The normalized spacial score (nSPS) is 27.6. The van der Waals surface area contributed by atoms with E-state index in [-0.39, 0.29) is 17.7 Å². The third-order valence-electron chi connectivity index (χ3n) is 5.31. The molecular weight excluding hydrogens is 300 g/mol. The molecule has 0 saturated carbocycles. The smallest absolute Gasteiger partial charge is 0.228 e. The molecule has 0 spiro atoms. The zero-order chi connectivity index (χ0) is 17.3. The Kier molecular flexibility index (Phi) is 4.93. The molecule has 0 aromatic heterocycles. The lowest BCUT2D eigenvalue weighted by atomic mass is 9.91. The van der Waals surface area contributed by atoms with E-state index in [1.54, 1.807) is 4.90 Å². The van der Waals surface area contributed by atoms with Crippen molar-refractivity contribution in [3.8, 4) is 0 Å². The number of piperidine rings is 1. The summed E-state index contributed by atoms with van der Waals surface area (Å²) in [5.41, 5.74) is 2.17. The van der Waals surface area contributed by atoms with E-state index in [0.29, 0.717) is 24.8 Å². The van der Waals surface area contributed by atoms with Crippen LogP contribution in [0.5, 0.6) is 0 Å². The number of aryl methyl sites for hydroxylation is 1. The number of carbonyl (C=O) groups excluding carboxylic acids is 2. The van der Waals surface area contributed by atoms with E-state index in [1.807, 2.05) is 17.0 Å². The third-order valence-corrected chi connectivity index (χ3v) is 5.31. The highest BCUT2D eigenvalue weighted by atomic mass is 16.2. The van der Waals surface area contributed by atoms with Gasteiger partial charge in [-0.05, 0) is 42.4 Å². The molecule has 0 unspecified atom stereocenters. The molecule has 2 fully saturated rings. The quantitative estimate of drug-likeness (QED) is 0.855. The Balaban J connectivity index is 1.68. The van der Waals surface area contributed by atoms with Crippen LogP contribution in [0.2, 0.25) is 0 Å². The topological polar surface area (TPSA) is 40.6 Å². The van der Waals surface area contributed by atoms with Crippen LogP contribution in [0.3, 0.4) is 0 Å². The molecule has 2 saturated heterocycles. The van der Waals surface area contributed by atoms with Gasteiger partial charge in [-0.2, -0.15) is 0 Å². The third kappa shape index (κ3) is 3.47. The number of likely N-dealkylation sites (tertiary alicyclic amines) is 1. The highest BCUT2D eigenvalue weighted by Crippen LogP contribution is 2.29. The first-order chi connectivity index (χ1) is 11.5. The first kappa shape index (κ1) is 17.0. The van der Waals surface area contributed by atoms with Crippen molar-refractivity contribution in [1.82, 2.24) is 4.90 Å². The minimum Gasteiger partial charge on any atom is -0.342 e. The summed E-state index contributed by atoms with van der Waals surface area (Å²) in [6.45, 7) is 8.71. The van der Waals surface area contributed by atoms with Crippen molar-refractivity contribution in [1.29, 1.82) is 0 Å². The summed E-state index contributed by atoms with van der Waals surface area (Å²) in [4.78, 5) is 29.0. The molecule has 0 aliphatic carbocycles. The van der Waals surface area contributed by atoms with Crippen molar-refractivity contribution in [3.05, 3.63) is 29.8 Å². The minimum absolute atomic E-state index is 0.0655. The number of anilines is 1. The van der Waals surface area contributed by atoms with Gasteiger partial charge >= 0.3 is 0 Å². The fourth-order valence-electron chi connectivity index (χ4n) is 4.14. The Bertz CT molecular complexity index is 601. The largest absolute Gasteiger partial charge is 0.342 e. The van der Waals surface area contributed by atoms with Crippen LogP contribution in [-0.2, 0) is 16.0 Å². The Labute approximate surface area is 144 Å². The van der Waals surface area contributed by atoms with Gasteiger partial charge in [-0.3, -0.25) is 9.59 Å². The van der Waals surface area contributed by atoms with Crippen LogP contribution in [0.4, 0.5) is 5.69 Å². The zero-order valence-electron chi connectivity index (χ0n) is 15.0. The van der Waals surface area contributed by atoms with Crippen molar-refractivity contribution in [2.45, 2.75) is 40.0 Å². The molecule has 3 rings (SSSR count). The molecule has 4 heteroatoms. The van der Waals surface area contributed by atoms with Crippen LogP contribution in [0.15, 0.2) is 24.3 Å². The first-order valence-electron chi connectivity index (χ1n) is 9.16. The maximum Gasteiger partial charge on any atom is 0.228 e. The standard InChI is InChI=1S/C20H28N2O2/c1-4-16-5-7-18(8-6-16)22-13-17(10-19(22)23)20(24)21-11-14(2)9-15(3)12-21/h5-8,14-15,17H,4,9-13H2,1-3H3/t14-,15+,17-/m1/s1. The maximum absolute atomic E-state index is 12.9. The van der Waals surface area contributed by atoms with Crippen LogP contribution in [0.1, 0.15) is 39.2 Å². The predicted molar refractivity (Wildman–Crippen MR) is 95.8 cm³/mol. The van der Waals surface area contributed by atoms with Crippen LogP contribution >= 0.6 is 0 Å². The van der Waals surface area contributed by atoms with Gasteiger partial charge in [0.1, 0.15) is 0 Å². The second-order valence-electron chi connectivity index (χ2n) is 7.61. The van der Waals surface area contributed by atoms with E-state index in [2.05, 4.69) is 32.9 Å². The molecule has 2 amide bonds. The second-order valence-corrected chi connectivity index (χ2v) is 7.61. The summed E-state index contributed by atoms with van der Waals surface area (Å²) in [7, 11) is 0. The molecule has 1 aromatic carbocycles. The molecular formula is C20H28N2O2. The summed E-state index contributed by atoms with van der Waals surface area (Å²) in [6, 6.07) is 8.11. The van der Waals surface area contributed by atoms with Crippen molar-refractivity contribution >= 4 is 17.5 Å². The van der Waals surface area contributed by atoms with Crippen LogP contribution in [0, 0.1) is 17.8 Å². The van der Waals surface area contributed by atoms with Gasteiger partial charge in [0.25, 0.3) is 0 Å². The average Bonchev–Trinajstić information content (AvgIpc) is 2.95. The summed E-state index contributed by atoms with van der Waals surface area (Å²) in [5, 5.41) is 0. The molecule has 2 aliphatic heterocycles. The van der Waals surface area contributed by atoms with E-state index >= 15 is 0 Å². The van der Waals surface area contributed by atoms with Gasteiger partial charge in [0, 0.05) is 31.7 Å². The lowest BCUT2D eigenvalue weighted by Gasteiger charge is -2.36. The van der Waals surface area contributed by atoms with Gasteiger partial charge in [0.2, 0.25) is 11.8 Å².